The van der Waals surface area contributed by atoms with E-state index in [9.17, 15) is 19.7 Å². The third-order valence-electron chi connectivity index (χ3n) is 3.92. The second-order valence-electron chi connectivity index (χ2n) is 5.78. The van der Waals surface area contributed by atoms with Crippen molar-refractivity contribution in [1.29, 1.82) is 0 Å². The number of amides is 1. The van der Waals surface area contributed by atoms with Gasteiger partial charge in [-0.05, 0) is 24.6 Å². The second kappa shape index (κ2) is 7.57. The molecule has 0 fully saturated rings. The van der Waals surface area contributed by atoms with Crippen LogP contribution < -0.4 is 5.32 Å². The molecule has 0 saturated carbocycles. The molecule has 0 aliphatic carbocycles. The Morgan fingerprint density at radius 2 is 2.08 bits per heavy atom. The van der Waals surface area contributed by atoms with Gasteiger partial charge in [0.2, 0.25) is 5.91 Å². The van der Waals surface area contributed by atoms with Gasteiger partial charge in [0.25, 0.3) is 5.69 Å². The van der Waals surface area contributed by atoms with Crippen molar-refractivity contribution in [2.75, 3.05) is 5.32 Å². The summed E-state index contributed by atoms with van der Waals surface area (Å²) in [5.41, 5.74) is 1.19. The standard InChI is InChI=1S/C18H16N2O5S/c1-11(12-5-4-6-13(9-12)20(23)24)25-17(21)10-16-18(22)19-14-7-2-3-8-15(14)26-16/h2-9,11,16H,10H2,1H3,(H,19,22)/t11-,16-/m1/s1. The Kier molecular flexibility index (Phi) is 5.22. The third kappa shape index (κ3) is 4.02. The van der Waals surface area contributed by atoms with Gasteiger partial charge in [0.1, 0.15) is 6.10 Å². The monoisotopic (exact) mass is 372 g/mol. The molecule has 26 heavy (non-hydrogen) atoms. The number of ether oxygens (including phenoxy) is 1. The summed E-state index contributed by atoms with van der Waals surface area (Å²) in [6.45, 7) is 1.64. The van der Waals surface area contributed by atoms with Gasteiger partial charge in [-0.2, -0.15) is 0 Å². The van der Waals surface area contributed by atoms with E-state index in [0.717, 1.165) is 10.6 Å². The smallest absolute Gasteiger partial charge is 0.308 e. The van der Waals surface area contributed by atoms with Crippen LogP contribution in [0.15, 0.2) is 53.4 Å². The van der Waals surface area contributed by atoms with Crippen molar-refractivity contribution in [3.8, 4) is 0 Å². The topological polar surface area (TPSA) is 98.5 Å². The van der Waals surface area contributed by atoms with Gasteiger partial charge in [-0.1, -0.05) is 24.3 Å². The van der Waals surface area contributed by atoms with E-state index in [4.69, 9.17) is 4.74 Å². The fraction of sp³-hybridized carbons (Fsp3) is 0.222. The fourth-order valence-electron chi connectivity index (χ4n) is 2.58. The van der Waals surface area contributed by atoms with Crippen molar-refractivity contribution < 1.29 is 19.2 Å². The van der Waals surface area contributed by atoms with E-state index in [1.807, 2.05) is 18.2 Å². The van der Waals surface area contributed by atoms with Crippen LogP contribution in [0.25, 0.3) is 0 Å². The van der Waals surface area contributed by atoms with Crippen LogP contribution in [0, 0.1) is 10.1 Å². The lowest BCUT2D eigenvalue weighted by molar-refractivity contribution is -0.385. The number of nitro groups is 1. The Labute approximate surface area is 153 Å². The van der Waals surface area contributed by atoms with Gasteiger partial charge in [-0.25, -0.2) is 0 Å². The molecular formula is C18H16N2O5S. The summed E-state index contributed by atoms with van der Waals surface area (Å²) < 4.78 is 5.36. The predicted octanol–water partition coefficient (Wildman–Crippen LogP) is 3.70. The highest BCUT2D eigenvalue weighted by Crippen LogP contribution is 2.37. The molecule has 0 aromatic heterocycles. The molecule has 2 aromatic carbocycles. The van der Waals surface area contributed by atoms with E-state index in [1.165, 1.54) is 23.9 Å². The van der Waals surface area contributed by atoms with Crippen LogP contribution in [-0.4, -0.2) is 22.0 Å². The number of para-hydroxylation sites is 1. The quantitative estimate of drug-likeness (QED) is 0.488. The average molecular weight is 372 g/mol. The van der Waals surface area contributed by atoms with Crippen molar-refractivity contribution in [2.24, 2.45) is 0 Å². The number of anilines is 1. The Hall–Kier alpha value is -2.87. The van der Waals surface area contributed by atoms with Gasteiger partial charge in [-0.3, -0.25) is 19.7 Å². The van der Waals surface area contributed by atoms with E-state index in [-0.39, 0.29) is 18.0 Å². The zero-order valence-electron chi connectivity index (χ0n) is 13.9. The number of rotatable bonds is 5. The van der Waals surface area contributed by atoms with Crippen LogP contribution in [0.5, 0.6) is 0 Å². The Bertz CT molecular complexity index is 870. The summed E-state index contributed by atoms with van der Waals surface area (Å²) in [4.78, 5) is 35.6. The molecule has 1 heterocycles. The fourth-order valence-corrected chi connectivity index (χ4v) is 3.68. The van der Waals surface area contributed by atoms with Crippen LogP contribution in [0.3, 0.4) is 0 Å². The Morgan fingerprint density at radius 1 is 1.31 bits per heavy atom. The van der Waals surface area contributed by atoms with Crippen LogP contribution in [-0.2, 0) is 14.3 Å². The van der Waals surface area contributed by atoms with Gasteiger partial charge >= 0.3 is 5.97 Å². The third-order valence-corrected chi connectivity index (χ3v) is 5.19. The lowest BCUT2D eigenvalue weighted by atomic mass is 10.1. The molecule has 3 rings (SSSR count). The van der Waals surface area contributed by atoms with Crippen LogP contribution >= 0.6 is 11.8 Å². The van der Waals surface area contributed by atoms with E-state index >= 15 is 0 Å². The number of hydrogen-bond donors (Lipinski definition) is 1. The van der Waals surface area contributed by atoms with Crippen molar-refractivity contribution in [3.63, 3.8) is 0 Å². The zero-order chi connectivity index (χ0) is 18.7. The molecule has 1 aliphatic rings. The van der Waals surface area contributed by atoms with Crippen molar-refractivity contribution in [1.82, 2.24) is 0 Å². The van der Waals surface area contributed by atoms with Gasteiger partial charge in [0.15, 0.2) is 0 Å². The first-order valence-corrected chi connectivity index (χ1v) is 8.82. The van der Waals surface area contributed by atoms with E-state index < -0.39 is 22.2 Å². The number of carbonyl (C=O) groups excluding carboxylic acids is 2. The highest BCUT2D eigenvalue weighted by molar-refractivity contribution is 8.01. The zero-order valence-corrected chi connectivity index (χ0v) is 14.7. The molecule has 0 radical (unpaired) electrons. The minimum atomic E-state index is -0.647. The molecule has 7 nitrogen and oxygen atoms in total. The number of benzene rings is 2. The molecule has 0 saturated heterocycles. The molecule has 2 aromatic rings. The van der Waals surface area contributed by atoms with E-state index in [1.54, 1.807) is 25.1 Å². The molecule has 0 unspecified atom stereocenters. The Morgan fingerprint density at radius 3 is 2.85 bits per heavy atom. The lowest BCUT2D eigenvalue weighted by Crippen LogP contribution is -2.31. The molecule has 1 amide bonds. The van der Waals surface area contributed by atoms with Gasteiger partial charge in [0, 0.05) is 17.0 Å². The molecule has 1 aliphatic heterocycles. The van der Waals surface area contributed by atoms with Crippen LogP contribution in [0.2, 0.25) is 0 Å². The highest BCUT2D eigenvalue weighted by atomic mass is 32.2. The van der Waals surface area contributed by atoms with Gasteiger partial charge in [-0.15, -0.1) is 11.8 Å². The summed E-state index contributed by atoms with van der Waals surface area (Å²) in [7, 11) is 0. The summed E-state index contributed by atoms with van der Waals surface area (Å²) in [5.74, 6) is -0.773. The molecule has 134 valence electrons. The number of nitro benzene ring substituents is 1. The summed E-state index contributed by atoms with van der Waals surface area (Å²) in [5, 5.41) is 13.1. The second-order valence-corrected chi connectivity index (χ2v) is 7.02. The molecule has 0 spiro atoms. The van der Waals surface area contributed by atoms with Crippen LogP contribution in [0.1, 0.15) is 25.0 Å². The maximum absolute atomic E-state index is 12.2. The predicted molar refractivity (Wildman–Crippen MR) is 96.9 cm³/mol. The number of fused-ring (bicyclic) bond motifs is 1. The number of thioether (sulfide) groups is 1. The summed E-state index contributed by atoms with van der Waals surface area (Å²) >= 11 is 1.32. The Balaban J connectivity index is 1.63. The van der Waals surface area contributed by atoms with Crippen molar-refractivity contribution in [2.45, 2.75) is 29.6 Å². The maximum Gasteiger partial charge on any atom is 0.308 e. The number of hydrogen-bond acceptors (Lipinski definition) is 6. The maximum atomic E-state index is 12.2. The number of carbonyl (C=O) groups is 2. The van der Waals surface area contributed by atoms with E-state index in [0.29, 0.717) is 5.56 Å². The molecule has 8 heteroatoms. The minimum Gasteiger partial charge on any atom is -0.458 e. The first-order chi connectivity index (χ1) is 12.4. The normalized spacial score (nSPS) is 17.0. The molecule has 1 N–H and O–H groups in total. The van der Waals surface area contributed by atoms with Crippen molar-refractivity contribution >= 4 is 35.0 Å². The van der Waals surface area contributed by atoms with E-state index in [2.05, 4.69) is 5.32 Å². The first-order valence-electron chi connectivity index (χ1n) is 7.94. The molecule has 0 bridgehead atoms. The average Bonchev–Trinajstić information content (AvgIpc) is 2.62. The number of non-ortho nitro benzene ring substituents is 1. The van der Waals surface area contributed by atoms with Gasteiger partial charge in [0.05, 0.1) is 22.3 Å². The number of nitrogens with one attached hydrogen (secondary N) is 1. The highest BCUT2D eigenvalue weighted by Gasteiger charge is 2.30. The molecule has 2 atom stereocenters. The number of nitrogens with zero attached hydrogens (tertiary/aromatic N) is 1. The van der Waals surface area contributed by atoms with Gasteiger partial charge < -0.3 is 10.1 Å². The largest absolute Gasteiger partial charge is 0.458 e. The lowest BCUT2D eigenvalue weighted by Gasteiger charge is -2.24. The minimum absolute atomic E-state index is 0.0655. The van der Waals surface area contributed by atoms with Crippen molar-refractivity contribution in [3.05, 3.63) is 64.2 Å². The number of esters is 1. The van der Waals surface area contributed by atoms with Crippen LogP contribution in [0.4, 0.5) is 11.4 Å². The summed E-state index contributed by atoms with van der Waals surface area (Å²) in [6, 6.07) is 13.3. The SMILES string of the molecule is C[C@@H](OC(=O)C[C@H]1Sc2ccccc2NC1=O)c1cccc([N+](=O)[O-])c1. The summed E-state index contributed by atoms with van der Waals surface area (Å²) in [6.07, 6.45) is -0.726. The first kappa shape index (κ1) is 17.9. The molecular weight excluding hydrogens is 356 g/mol.